The van der Waals surface area contributed by atoms with Crippen LogP contribution in [0.5, 0.6) is 5.75 Å². The first-order valence-electron chi connectivity index (χ1n) is 8.04. The zero-order valence-electron chi connectivity index (χ0n) is 13.0. The van der Waals surface area contributed by atoms with E-state index in [-0.39, 0.29) is 5.54 Å². The zero-order chi connectivity index (χ0) is 15.4. The van der Waals surface area contributed by atoms with Crippen LogP contribution in [0.1, 0.15) is 49.9 Å². The minimum atomic E-state index is -0.384. The van der Waals surface area contributed by atoms with E-state index in [0.717, 1.165) is 43.4 Å². The Kier molecular flexibility index (Phi) is 4.43. The molecule has 1 heterocycles. The van der Waals surface area contributed by atoms with Gasteiger partial charge in [0.1, 0.15) is 5.75 Å². The lowest BCUT2D eigenvalue weighted by atomic mass is 9.99. The highest BCUT2D eigenvalue weighted by molar-refractivity contribution is 5.33. The van der Waals surface area contributed by atoms with Gasteiger partial charge in [0.2, 0.25) is 5.89 Å². The second-order valence-electron chi connectivity index (χ2n) is 5.92. The van der Waals surface area contributed by atoms with Crippen molar-refractivity contribution >= 4 is 0 Å². The molecule has 1 aromatic heterocycles. The van der Waals surface area contributed by atoms with Crippen molar-refractivity contribution in [1.82, 2.24) is 10.1 Å². The molecule has 0 unspecified atom stereocenters. The molecular weight excluding hydrogens is 278 g/mol. The summed E-state index contributed by atoms with van der Waals surface area (Å²) in [5.41, 5.74) is 7.14. The molecule has 1 fully saturated rings. The standard InChI is InChI=1S/C17H23N3O2/c1-2-21-14-8-4-3-7-13(14)9-10-15-19-16(20-22-15)17(18)11-5-6-12-17/h3-4,7-8H,2,5-6,9-12,18H2,1H3. The average molecular weight is 301 g/mol. The summed E-state index contributed by atoms with van der Waals surface area (Å²) in [5, 5.41) is 4.10. The molecule has 22 heavy (non-hydrogen) atoms. The maximum atomic E-state index is 6.36. The molecule has 0 saturated heterocycles. The summed E-state index contributed by atoms with van der Waals surface area (Å²) in [4.78, 5) is 4.51. The fourth-order valence-electron chi connectivity index (χ4n) is 3.04. The fraction of sp³-hybridized carbons (Fsp3) is 0.529. The SMILES string of the molecule is CCOc1ccccc1CCc1nc(C2(N)CCCC2)no1. The molecule has 1 aromatic carbocycles. The number of hydrogen-bond donors (Lipinski definition) is 1. The lowest BCUT2D eigenvalue weighted by Crippen LogP contribution is -2.34. The molecule has 118 valence electrons. The van der Waals surface area contributed by atoms with Gasteiger partial charge in [0, 0.05) is 6.42 Å². The van der Waals surface area contributed by atoms with E-state index in [4.69, 9.17) is 15.0 Å². The van der Waals surface area contributed by atoms with Gasteiger partial charge in [-0.25, -0.2) is 0 Å². The van der Waals surface area contributed by atoms with Crippen molar-refractivity contribution in [1.29, 1.82) is 0 Å². The van der Waals surface area contributed by atoms with E-state index in [1.807, 2.05) is 25.1 Å². The molecule has 1 aliphatic carbocycles. The van der Waals surface area contributed by atoms with Crippen LogP contribution in [0.4, 0.5) is 0 Å². The Morgan fingerprint density at radius 1 is 1.23 bits per heavy atom. The lowest BCUT2D eigenvalue weighted by molar-refractivity contribution is 0.334. The lowest BCUT2D eigenvalue weighted by Gasteiger charge is -2.17. The number of hydrogen-bond acceptors (Lipinski definition) is 5. The van der Waals surface area contributed by atoms with Gasteiger partial charge in [0.15, 0.2) is 5.82 Å². The molecule has 1 aliphatic rings. The summed E-state index contributed by atoms with van der Waals surface area (Å²) in [5.74, 6) is 2.24. The number of rotatable bonds is 6. The Labute approximate surface area is 130 Å². The van der Waals surface area contributed by atoms with Gasteiger partial charge in [0.05, 0.1) is 12.1 Å². The van der Waals surface area contributed by atoms with Gasteiger partial charge >= 0.3 is 0 Å². The van der Waals surface area contributed by atoms with Crippen LogP contribution in [-0.4, -0.2) is 16.7 Å². The summed E-state index contributed by atoms with van der Waals surface area (Å²) in [7, 11) is 0. The van der Waals surface area contributed by atoms with Crippen LogP contribution in [-0.2, 0) is 18.4 Å². The van der Waals surface area contributed by atoms with Crippen molar-refractivity contribution in [2.24, 2.45) is 5.73 Å². The quantitative estimate of drug-likeness (QED) is 0.888. The Bertz CT molecular complexity index is 618. The van der Waals surface area contributed by atoms with E-state index in [0.29, 0.717) is 24.7 Å². The van der Waals surface area contributed by atoms with E-state index >= 15 is 0 Å². The fourth-order valence-corrected chi connectivity index (χ4v) is 3.04. The van der Waals surface area contributed by atoms with Gasteiger partial charge < -0.3 is 15.0 Å². The van der Waals surface area contributed by atoms with Crippen molar-refractivity contribution in [2.45, 2.75) is 51.0 Å². The van der Waals surface area contributed by atoms with E-state index in [1.165, 1.54) is 0 Å². The number of aromatic nitrogens is 2. The van der Waals surface area contributed by atoms with Gasteiger partial charge in [-0.15, -0.1) is 0 Å². The molecule has 0 radical (unpaired) electrons. The first-order chi connectivity index (χ1) is 10.7. The van der Waals surface area contributed by atoms with Crippen molar-refractivity contribution in [3.05, 3.63) is 41.5 Å². The molecule has 2 N–H and O–H groups in total. The Balaban J connectivity index is 1.66. The first kappa shape index (κ1) is 15.0. The number of nitrogens with zero attached hydrogens (tertiary/aromatic N) is 2. The number of aryl methyl sites for hydroxylation is 2. The van der Waals surface area contributed by atoms with Crippen LogP contribution in [0.25, 0.3) is 0 Å². The third-order valence-electron chi connectivity index (χ3n) is 4.29. The molecule has 0 aliphatic heterocycles. The molecule has 5 heteroatoms. The van der Waals surface area contributed by atoms with E-state index in [9.17, 15) is 0 Å². The van der Waals surface area contributed by atoms with E-state index in [1.54, 1.807) is 0 Å². The van der Waals surface area contributed by atoms with Crippen LogP contribution in [0, 0.1) is 0 Å². The van der Waals surface area contributed by atoms with Crippen molar-refractivity contribution in [3.8, 4) is 5.75 Å². The molecule has 2 aromatic rings. The molecule has 0 bridgehead atoms. The maximum absolute atomic E-state index is 6.36. The zero-order valence-corrected chi connectivity index (χ0v) is 13.0. The predicted octanol–water partition coefficient (Wildman–Crippen LogP) is 2.98. The summed E-state index contributed by atoms with van der Waals surface area (Å²) in [6.07, 6.45) is 5.69. The molecular formula is C17H23N3O2. The molecule has 3 rings (SSSR count). The molecule has 0 amide bonds. The Morgan fingerprint density at radius 3 is 2.77 bits per heavy atom. The summed E-state index contributed by atoms with van der Waals surface area (Å²) in [6, 6.07) is 8.07. The van der Waals surface area contributed by atoms with Crippen LogP contribution in [0.15, 0.2) is 28.8 Å². The van der Waals surface area contributed by atoms with Crippen molar-refractivity contribution in [2.75, 3.05) is 6.61 Å². The normalized spacial score (nSPS) is 16.8. The smallest absolute Gasteiger partial charge is 0.227 e. The van der Waals surface area contributed by atoms with Gasteiger partial charge in [-0.05, 0) is 37.8 Å². The minimum absolute atomic E-state index is 0.384. The molecule has 1 saturated carbocycles. The maximum Gasteiger partial charge on any atom is 0.227 e. The second-order valence-corrected chi connectivity index (χ2v) is 5.92. The first-order valence-corrected chi connectivity index (χ1v) is 8.04. The monoisotopic (exact) mass is 301 g/mol. The number of ether oxygens (including phenoxy) is 1. The largest absolute Gasteiger partial charge is 0.494 e. The van der Waals surface area contributed by atoms with E-state index in [2.05, 4.69) is 16.2 Å². The van der Waals surface area contributed by atoms with Crippen molar-refractivity contribution in [3.63, 3.8) is 0 Å². The van der Waals surface area contributed by atoms with Gasteiger partial charge in [-0.1, -0.05) is 36.2 Å². The van der Waals surface area contributed by atoms with Crippen molar-refractivity contribution < 1.29 is 9.26 Å². The van der Waals surface area contributed by atoms with Crippen LogP contribution < -0.4 is 10.5 Å². The highest BCUT2D eigenvalue weighted by Crippen LogP contribution is 2.34. The number of nitrogens with two attached hydrogens (primary N) is 1. The summed E-state index contributed by atoms with van der Waals surface area (Å²) >= 11 is 0. The second kappa shape index (κ2) is 6.48. The topological polar surface area (TPSA) is 74.2 Å². The highest BCUT2D eigenvalue weighted by Gasteiger charge is 2.35. The minimum Gasteiger partial charge on any atom is -0.494 e. The number of para-hydroxylation sites is 1. The van der Waals surface area contributed by atoms with Gasteiger partial charge in [0.25, 0.3) is 0 Å². The highest BCUT2D eigenvalue weighted by atomic mass is 16.5. The third-order valence-corrected chi connectivity index (χ3v) is 4.29. The van der Waals surface area contributed by atoms with E-state index < -0.39 is 0 Å². The van der Waals surface area contributed by atoms with Gasteiger partial charge in [-0.3, -0.25) is 0 Å². The van der Waals surface area contributed by atoms with Crippen LogP contribution in [0.2, 0.25) is 0 Å². The Morgan fingerprint density at radius 2 is 2.00 bits per heavy atom. The number of benzene rings is 1. The van der Waals surface area contributed by atoms with Crippen LogP contribution in [0.3, 0.4) is 0 Å². The van der Waals surface area contributed by atoms with Crippen LogP contribution >= 0.6 is 0 Å². The third kappa shape index (κ3) is 3.14. The average Bonchev–Trinajstić information content (AvgIpc) is 3.17. The molecule has 0 atom stereocenters. The molecule has 0 spiro atoms. The van der Waals surface area contributed by atoms with Gasteiger partial charge in [-0.2, -0.15) is 4.98 Å². The summed E-state index contributed by atoms with van der Waals surface area (Å²) < 4.78 is 11.0. The Hall–Kier alpha value is -1.88. The summed E-state index contributed by atoms with van der Waals surface area (Å²) in [6.45, 7) is 2.65. The molecule has 5 nitrogen and oxygen atoms in total. The predicted molar refractivity (Wildman–Crippen MR) is 83.7 cm³/mol.